The fourth-order valence-corrected chi connectivity index (χ4v) is 9.96. The molecule has 358 valence electrons. The summed E-state index contributed by atoms with van der Waals surface area (Å²) in [6, 6.07) is 53.7. The van der Waals surface area contributed by atoms with Crippen molar-refractivity contribution in [3.05, 3.63) is 204 Å². The number of fused-ring (bicyclic) bond motifs is 2. The first-order valence-corrected chi connectivity index (χ1v) is 24.4. The van der Waals surface area contributed by atoms with Gasteiger partial charge in [0.2, 0.25) is 0 Å². The molecule has 0 atom stereocenters. The van der Waals surface area contributed by atoms with Crippen LogP contribution in [0.3, 0.4) is 0 Å². The number of benzene rings is 8. The van der Waals surface area contributed by atoms with E-state index in [1.54, 1.807) is 22.7 Å². The number of thiazole rings is 2. The zero-order valence-electron chi connectivity index (χ0n) is 39.8. The van der Waals surface area contributed by atoms with Gasteiger partial charge in [0.05, 0.1) is 21.6 Å². The van der Waals surface area contributed by atoms with E-state index in [-0.39, 0.29) is 43.4 Å². The Bertz CT molecular complexity index is 3340. The number of phenolic OH excluding ortho intramolecular Hbond substituents is 2. The second-order valence-electron chi connectivity index (χ2n) is 18.9. The summed E-state index contributed by atoms with van der Waals surface area (Å²) >= 11 is 3.26. The molecular formula is C60H49F2N4O2PtS2-. The summed E-state index contributed by atoms with van der Waals surface area (Å²) in [6.45, 7) is 13.3. The van der Waals surface area contributed by atoms with Crippen molar-refractivity contribution in [3.63, 3.8) is 0 Å². The Hall–Kier alpha value is -6.97. The van der Waals surface area contributed by atoms with Crippen molar-refractivity contribution in [3.8, 4) is 54.9 Å². The molecule has 2 heterocycles. The van der Waals surface area contributed by atoms with Crippen LogP contribution in [0, 0.1) is 17.7 Å². The number of aromatic hydroxyl groups is 2. The van der Waals surface area contributed by atoms with Crippen molar-refractivity contribution < 1.29 is 40.1 Å². The van der Waals surface area contributed by atoms with E-state index in [0.717, 1.165) is 63.8 Å². The summed E-state index contributed by atoms with van der Waals surface area (Å²) in [5.41, 5.74) is 12.5. The second-order valence-corrected chi connectivity index (χ2v) is 20.9. The van der Waals surface area contributed by atoms with Crippen LogP contribution >= 0.6 is 22.7 Å². The van der Waals surface area contributed by atoms with Gasteiger partial charge >= 0.3 is 0 Å². The zero-order valence-corrected chi connectivity index (χ0v) is 43.7. The van der Waals surface area contributed by atoms with E-state index < -0.39 is 11.6 Å². The van der Waals surface area contributed by atoms with Crippen molar-refractivity contribution in [2.45, 2.75) is 52.4 Å². The fourth-order valence-electron chi connectivity index (χ4n) is 7.83. The molecule has 0 saturated carbocycles. The van der Waals surface area contributed by atoms with Crippen LogP contribution in [0.5, 0.6) is 11.5 Å². The Balaban J connectivity index is 0.000000188. The summed E-state index contributed by atoms with van der Waals surface area (Å²) in [7, 11) is 0. The molecule has 0 spiro atoms. The van der Waals surface area contributed by atoms with Gasteiger partial charge in [0.25, 0.3) is 0 Å². The van der Waals surface area contributed by atoms with Crippen LogP contribution in [0.2, 0.25) is 0 Å². The van der Waals surface area contributed by atoms with E-state index in [1.807, 2.05) is 84.9 Å². The van der Waals surface area contributed by atoms with Gasteiger partial charge in [-0.3, -0.25) is 9.98 Å². The predicted octanol–water partition coefficient (Wildman–Crippen LogP) is 16.8. The van der Waals surface area contributed by atoms with Gasteiger partial charge in [0.1, 0.15) is 33.1 Å². The summed E-state index contributed by atoms with van der Waals surface area (Å²) in [4.78, 5) is 19.3. The maximum absolute atomic E-state index is 13.6. The monoisotopic (exact) mass is 1150 g/mol. The standard InChI is InChI=1S/C30H25FN2OS.C30H24FN2OS.Pt/c2*1-30(2,3)21-16-24(19-9-5-4-6-10-19)28-27(17-21)35-29(33-28)23-11-7-8-12-25(23)32-18-20-15-22(31)13-14-26(20)34;/h4-18,34H,1-3H3;4-9,11-18,34H,1-3H3;/q;-1;. The van der Waals surface area contributed by atoms with Crippen molar-refractivity contribution in [2.75, 3.05) is 0 Å². The summed E-state index contributed by atoms with van der Waals surface area (Å²) in [5, 5.41) is 21.8. The van der Waals surface area contributed by atoms with Crippen molar-refractivity contribution >= 4 is 66.9 Å². The average Bonchev–Trinajstić information content (AvgIpc) is 4.00. The molecule has 0 fully saturated rings. The Labute approximate surface area is 435 Å². The third-order valence-electron chi connectivity index (χ3n) is 11.7. The Morgan fingerprint density at radius 3 is 1.44 bits per heavy atom. The van der Waals surface area contributed by atoms with E-state index in [0.29, 0.717) is 22.5 Å². The molecule has 0 radical (unpaired) electrons. The number of aliphatic imine (C=N–C) groups is 2. The number of hydrogen-bond donors (Lipinski definition) is 2. The van der Waals surface area contributed by atoms with Crippen LogP contribution in [0.4, 0.5) is 20.2 Å². The maximum Gasteiger partial charge on any atom is 0.126 e. The molecule has 0 aliphatic rings. The maximum atomic E-state index is 13.6. The molecule has 10 rings (SSSR count). The molecule has 0 aliphatic carbocycles. The number of phenols is 2. The molecule has 11 heteroatoms. The number of nitrogens with zero attached hydrogens (tertiary/aromatic N) is 4. The van der Waals surface area contributed by atoms with E-state index in [1.165, 1.54) is 60.0 Å². The molecule has 8 aromatic carbocycles. The first-order valence-electron chi connectivity index (χ1n) is 22.8. The molecule has 0 saturated heterocycles. The third-order valence-corrected chi connectivity index (χ3v) is 13.8. The fraction of sp³-hybridized carbons (Fsp3) is 0.133. The molecule has 6 nitrogen and oxygen atoms in total. The largest absolute Gasteiger partial charge is 0.507 e. The molecule has 0 aliphatic heterocycles. The van der Waals surface area contributed by atoms with Crippen LogP contribution in [0.1, 0.15) is 63.8 Å². The molecule has 71 heavy (non-hydrogen) atoms. The minimum atomic E-state index is -0.427. The molecule has 2 aromatic heterocycles. The number of halogens is 2. The van der Waals surface area contributed by atoms with Gasteiger partial charge in [-0.25, -0.2) is 18.7 Å². The van der Waals surface area contributed by atoms with Gasteiger partial charge in [-0.2, -0.15) is 0 Å². The third kappa shape index (κ3) is 11.5. The van der Waals surface area contributed by atoms with E-state index in [4.69, 9.17) is 9.97 Å². The molecule has 0 unspecified atom stereocenters. The SMILES string of the molecule is CC(C)(C)c1cc(-c2[c-]cccc2)c2nc(-c3ccccc3N=Cc3cc(F)ccc3O)sc2c1.CC(C)(C)c1cc(-c2ccccc2)c2nc(-c3ccccc3N=Cc3cc(F)ccc3O)sc2c1.[Pt]. The minimum Gasteiger partial charge on any atom is -0.507 e. The molecule has 10 aromatic rings. The molecule has 2 N–H and O–H groups in total. The summed E-state index contributed by atoms with van der Waals surface area (Å²) in [5.74, 6) is -0.892. The number of aromatic nitrogens is 2. The molecular weight excluding hydrogens is 1110 g/mol. The second kappa shape index (κ2) is 21.2. The van der Waals surface area contributed by atoms with Gasteiger partial charge in [-0.05, 0) is 106 Å². The van der Waals surface area contributed by atoms with Gasteiger partial charge < -0.3 is 10.2 Å². The molecule has 0 amide bonds. The Morgan fingerprint density at radius 1 is 0.507 bits per heavy atom. The first kappa shape index (κ1) is 50.4. The summed E-state index contributed by atoms with van der Waals surface area (Å²) in [6.07, 6.45) is 2.96. The van der Waals surface area contributed by atoms with Gasteiger partial charge in [0.15, 0.2) is 0 Å². The van der Waals surface area contributed by atoms with E-state index in [2.05, 4.69) is 100 Å². The summed E-state index contributed by atoms with van der Waals surface area (Å²) < 4.78 is 29.5. The first-order chi connectivity index (χ1) is 33.6. The normalized spacial score (nSPS) is 11.8. The van der Waals surface area contributed by atoms with E-state index in [9.17, 15) is 19.0 Å². The zero-order chi connectivity index (χ0) is 49.2. The van der Waals surface area contributed by atoms with Gasteiger partial charge in [-0.1, -0.05) is 108 Å². The Morgan fingerprint density at radius 2 is 0.958 bits per heavy atom. The van der Waals surface area contributed by atoms with E-state index >= 15 is 0 Å². The smallest absolute Gasteiger partial charge is 0.126 e. The predicted molar refractivity (Wildman–Crippen MR) is 288 cm³/mol. The Kier molecular flexibility index (Phi) is 15.0. The van der Waals surface area contributed by atoms with Crippen LogP contribution < -0.4 is 0 Å². The van der Waals surface area contributed by atoms with Crippen LogP contribution in [-0.4, -0.2) is 32.6 Å². The average molecular weight is 1160 g/mol. The van der Waals surface area contributed by atoms with Gasteiger partial charge in [0, 0.05) is 71.5 Å². The van der Waals surface area contributed by atoms with Gasteiger partial charge in [-0.15, -0.1) is 58.6 Å². The number of para-hydroxylation sites is 2. The van der Waals surface area contributed by atoms with Crippen molar-refractivity contribution in [2.24, 2.45) is 9.98 Å². The van der Waals surface area contributed by atoms with Crippen LogP contribution in [-0.2, 0) is 31.9 Å². The minimum absolute atomic E-state index is 0. The van der Waals surface area contributed by atoms with Crippen molar-refractivity contribution in [1.82, 2.24) is 9.97 Å². The van der Waals surface area contributed by atoms with Crippen LogP contribution in [0.25, 0.3) is 63.8 Å². The topological polar surface area (TPSA) is 91.0 Å². The van der Waals surface area contributed by atoms with Crippen LogP contribution in [0.15, 0.2) is 174 Å². The molecule has 0 bridgehead atoms. The van der Waals surface area contributed by atoms with Crippen molar-refractivity contribution in [1.29, 1.82) is 0 Å². The number of hydrogen-bond acceptors (Lipinski definition) is 8. The number of rotatable bonds is 8. The quantitative estimate of drug-likeness (QED) is 0.117.